The second-order valence-electron chi connectivity index (χ2n) is 5.42. The van der Waals surface area contributed by atoms with Crippen LogP contribution in [0.1, 0.15) is 31.1 Å². The summed E-state index contributed by atoms with van der Waals surface area (Å²) >= 11 is 0. The van der Waals surface area contributed by atoms with E-state index in [-0.39, 0.29) is 18.1 Å². The normalized spacial score (nSPS) is 11.4. The monoisotopic (exact) mass is 286 g/mol. The van der Waals surface area contributed by atoms with Crippen LogP contribution in [0.3, 0.4) is 0 Å². The van der Waals surface area contributed by atoms with Crippen LogP contribution >= 0.6 is 0 Å². The van der Waals surface area contributed by atoms with Gasteiger partial charge in [-0.1, -0.05) is 18.2 Å². The van der Waals surface area contributed by atoms with E-state index in [1.165, 1.54) is 0 Å². The average Bonchev–Trinajstić information content (AvgIpc) is 2.46. The van der Waals surface area contributed by atoms with Crippen LogP contribution in [0.4, 0.5) is 0 Å². The Kier molecular flexibility index (Phi) is 3.98. The number of ketones is 1. The maximum atomic E-state index is 12.5. The smallest absolute Gasteiger partial charge is 0.319 e. The first-order chi connectivity index (χ1) is 9.86. The van der Waals surface area contributed by atoms with Gasteiger partial charge in [-0.05, 0) is 49.7 Å². The molecule has 21 heavy (non-hydrogen) atoms. The summed E-state index contributed by atoms with van der Waals surface area (Å²) in [6.45, 7) is 5.08. The van der Waals surface area contributed by atoms with Gasteiger partial charge in [0.05, 0.1) is 6.61 Å². The van der Waals surface area contributed by atoms with Crippen LogP contribution in [0, 0.1) is 5.41 Å². The zero-order valence-electron chi connectivity index (χ0n) is 12.3. The number of ether oxygens (including phenoxy) is 1. The fourth-order valence-electron chi connectivity index (χ4n) is 2.14. The maximum Gasteiger partial charge on any atom is 0.319 e. The molecule has 1 N–H and O–H groups in total. The molecule has 2 aromatic rings. The Balaban J connectivity index is 2.39. The predicted octanol–water partition coefficient (Wildman–Crippen LogP) is 3.32. The molecule has 0 atom stereocenters. The molecule has 0 spiro atoms. The standard InChI is InChI=1S/C17H18O4/c1-4-21-16(20)17(2,3)15(19)13-6-5-12-10-14(18)8-7-11(12)9-13/h5-10,18H,4H2,1-3H3. The largest absolute Gasteiger partial charge is 0.508 e. The van der Waals surface area contributed by atoms with Gasteiger partial charge in [-0.15, -0.1) is 0 Å². The van der Waals surface area contributed by atoms with Gasteiger partial charge in [0.15, 0.2) is 5.78 Å². The van der Waals surface area contributed by atoms with Gasteiger partial charge in [-0.25, -0.2) is 0 Å². The van der Waals surface area contributed by atoms with Crippen molar-refractivity contribution in [2.24, 2.45) is 5.41 Å². The molecule has 0 unspecified atom stereocenters. The molecule has 0 aromatic heterocycles. The summed E-state index contributed by atoms with van der Waals surface area (Å²) in [4.78, 5) is 24.5. The van der Waals surface area contributed by atoms with Crippen molar-refractivity contribution >= 4 is 22.5 Å². The van der Waals surface area contributed by atoms with Gasteiger partial charge in [0, 0.05) is 5.56 Å². The van der Waals surface area contributed by atoms with Crippen molar-refractivity contribution in [3.63, 3.8) is 0 Å². The molecule has 0 amide bonds. The lowest BCUT2D eigenvalue weighted by Crippen LogP contribution is -2.35. The summed E-state index contributed by atoms with van der Waals surface area (Å²) in [5.74, 6) is -0.634. The molecule has 0 heterocycles. The van der Waals surface area contributed by atoms with E-state index in [9.17, 15) is 14.7 Å². The molecular weight excluding hydrogens is 268 g/mol. The number of fused-ring (bicyclic) bond motifs is 1. The van der Waals surface area contributed by atoms with Gasteiger partial charge in [-0.2, -0.15) is 0 Å². The number of Topliss-reactive ketones (excluding diaryl/α,β-unsaturated/α-hetero) is 1. The van der Waals surface area contributed by atoms with Crippen molar-refractivity contribution < 1.29 is 19.4 Å². The third-order valence-corrected chi connectivity index (χ3v) is 3.44. The van der Waals surface area contributed by atoms with Crippen LogP contribution < -0.4 is 0 Å². The lowest BCUT2D eigenvalue weighted by molar-refractivity contribution is -0.150. The number of hydrogen-bond donors (Lipinski definition) is 1. The highest BCUT2D eigenvalue weighted by Gasteiger charge is 2.38. The van der Waals surface area contributed by atoms with Gasteiger partial charge >= 0.3 is 5.97 Å². The lowest BCUT2D eigenvalue weighted by atomic mass is 9.84. The number of phenols is 1. The van der Waals surface area contributed by atoms with E-state index in [2.05, 4.69) is 0 Å². The van der Waals surface area contributed by atoms with Crippen molar-refractivity contribution in [1.82, 2.24) is 0 Å². The molecule has 2 aromatic carbocycles. The number of carbonyl (C=O) groups excluding carboxylic acids is 2. The van der Waals surface area contributed by atoms with Crippen molar-refractivity contribution in [2.45, 2.75) is 20.8 Å². The molecular formula is C17H18O4. The first-order valence-corrected chi connectivity index (χ1v) is 6.81. The molecule has 0 aliphatic carbocycles. The minimum Gasteiger partial charge on any atom is -0.508 e. The fourth-order valence-corrected chi connectivity index (χ4v) is 2.14. The maximum absolute atomic E-state index is 12.5. The van der Waals surface area contributed by atoms with Gasteiger partial charge in [0.1, 0.15) is 11.2 Å². The van der Waals surface area contributed by atoms with E-state index in [0.29, 0.717) is 5.56 Å². The topological polar surface area (TPSA) is 63.6 Å². The van der Waals surface area contributed by atoms with Crippen molar-refractivity contribution in [1.29, 1.82) is 0 Å². The van der Waals surface area contributed by atoms with Gasteiger partial charge in [0.2, 0.25) is 0 Å². The van der Waals surface area contributed by atoms with Gasteiger partial charge < -0.3 is 9.84 Å². The first kappa shape index (κ1) is 15.0. The Morgan fingerprint density at radius 2 is 1.71 bits per heavy atom. The third-order valence-electron chi connectivity index (χ3n) is 3.44. The highest BCUT2D eigenvalue weighted by atomic mass is 16.5. The number of carbonyl (C=O) groups is 2. The van der Waals surface area contributed by atoms with E-state index < -0.39 is 11.4 Å². The molecule has 0 aliphatic rings. The van der Waals surface area contributed by atoms with Crippen LogP contribution in [-0.4, -0.2) is 23.5 Å². The molecule has 0 saturated heterocycles. The van der Waals surface area contributed by atoms with Crippen LogP contribution in [-0.2, 0) is 9.53 Å². The molecule has 2 rings (SSSR count). The van der Waals surface area contributed by atoms with Gasteiger partial charge in [0.25, 0.3) is 0 Å². The Morgan fingerprint density at radius 3 is 2.38 bits per heavy atom. The summed E-state index contributed by atoms with van der Waals surface area (Å²) < 4.78 is 4.96. The SMILES string of the molecule is CCOC(=O)C(C)(C)C(=O)c1ccc2cc(O)ccc2c1. The van der Waals surface area contributed by atoms with Crippen molar-refractivity contribution in [2.75, 3.05) is 6.61 Å². The molecule has 0 aliphatic heterocycles. The van der Waals surface area contributed by atoms with Crippen LogP contribution in [0.2, 0.25) is 0 Å². The Hall–Kier alpha value is -2.36. The van der Waals surface area contributed by atoms with Crippen molar-refractivity contribution in [3.05, 3.63) is 42.0 Å². The van der Waals surface area contributed by atoms with Crippen LogP contribution in [0.15, 0.2) is 36.4 Å². The number of hydrogen-bond acceptors (Lipinski definition) is 4. The quantitative estimate of drug-likeness (QED) is 0.532. The molecule has 110 valence electrons. The van der Waals surface area contributed by atoms with Crippen molar-refractivity contribution in [3.8, 4) is 5.75 Å². The molecule has 0 saturated carbocycles. The average molecular weight is 286 g/mol. The van der Waals surface area contributed by atoms with E-state index in [1.807, 2.05) is 0 Å². The lowest BCUT2D eigenvalue weighted by Gasteiger charge is -2.21. The molecule has 0 bridgehead atoms. The Bertz CT molecular complexity index is 701. The molecule has 4 heteroatoms. The summed E-state index contributed by atoms with van der Waals surface area (Å²) in [6, 6.07) is 10.1. The fraction of sp³-hybridized carbons (Fsp3) is 0.294. The number of phenolic OH excluding ortho intramolecular Hbond substituents is 1. The van der Waals surface area contributed by atoms with Crippen LogP contribution in [0.25, 0.3) is 10.8 Å². The number of rotatable bonds is 4. The molecule has 0 fully saturated rings. The van der Waals surface area contributed by atoms with E-state index in [4.69, 9.17) is 4.74 Å². The Morgan fingerprint density at radius 1 is 1.10 bits per heavy atom. The molecule has 0 radical (unpaired) electrons. The zero-order chi connectivity index (χ0) is 15.6. The number of esters is 1. The van der Waals surface area contributed by atoms with Crippen LogP contribution in [0.5, 0.6) is 5.75 Å². The zero-order valence-corrected chi connectivity index (χ0v) is 12.3. The predicted molar refractivity (Wildman–Crippen MR) is 80.4 cm³/mol. The highest BCUT2D eigenvalue weighted by molar-refractivity contribution is 6.13. The second-order valence-corrected chi connectivity index (χ2v) is 5.42. The molecule has 4 nitrogen and oxygen atoms in total. The highest BCUT2D eigenvalue weighted by Crippen LogP contribution is 2.27. The Labute approximate surface area is 123 Å². The number of benzene rings is 2. The van der Waals surface area contributed by atoms with Gasteiger partial charge in [-0.3, -0.25) is 9.59 Å². The summed E-state index contributed by atoms with van der Waals surface area (Å²) in [5, 5.41) is 11.1. The second kappa shape index (κ2) is 5.56. The summed E-state index contributed by atoms with van der Waals surface area (Å²) in [5.41, 5.74) is -0.771. The summed E-state index contributed by atoms with van der Waals surface area (Å²) in [7, 11) is 0. The minimum absolute atomic E-state index is 0.174. The third kappa shape index (κ3) is 2.89. The summed E-state index contributed by atoms with van der Waals surface area (Å²) in [6.07, 6.45) is 0. The first-order valence-electron chi connectivity index (χ1n) is 6.81. The number of aromatic hydroxyl groups is 1. The minimum atomic E-state index is -1.22. The van der Waals surface area contributed by atoms with E-state index in [1.54, 1.807) is 57.2 Å². The van der Waals surface area contributed by atoms with E-state index >= 15 is 0 Å². The van der Waals surface area contributed by atoms with E-state index in [0.717, 1.165) is 10.8 Å².